The fourth-order valence-electron chi connectivity index (χ4n) is 3.19. The highest BCUT2D eigenvalue weighted by Gasteiger charge is 2.16. The minimum Gasteiger partial charge on any atom is -0.506 e. The van der Waals surface area contributed by atoms with Gasteiger partial charge in [0.25, 0.3) is 11.2 Å². The van der Waals surface area contributed by atoms with Gasteiger partial charge in [-0.25, -0.2) is 4.98 Å². The van der Waals surface area contributed by atoms with Crippen LogP contribution >= 0.6 is 0 Å². The van der Waals surface area contributed by atoms with Gasteiger partial charge >= 0.3 is 0 Å². The van der Waals surface area contributed by atoms with Crippen LogP contribution in [0.4, 0.5) is 11.4 Å². The number of fused-ring (bicyclic) bond motifs is 3. The van der Waals surface area contributed by atoms with Crippen LogP contribution in [-0.2, 0) is 0 Å². The number of benzene rings is 2. The highest BCUT2D eigenvalue weighted by atomic mass is 16.6. The number of pyridine rings is 1. The van der Waals surface area contributed by atoms with Crippen LogP contribution in [0.25, 0.3) is 22.9 Å². The number of phenolic OH excluding ortho intramolecular Hbond substituents is 1. The Morgan fingerprint density at radius 3 is 2.79 bits per heavy atom. The maximum atomic E-state index is 13.1. The van der Waals surface area contributed by atoms with Crippen molar-refractivity contribution in [2.75, 3.05) is 5.32 Å². The average Bonchev–Trinajstić information content (AvgIpc) is 3.08. The van der Waals surface area contributed by atoms with Gasteiger partial charge in [-0.3, -0.25) is 19.3 Å². The number of nitro benzene ring substituents is 1. The number of para-hydroxylation sites is 2. The molecule has 4 aromatic rings. The van der Waals surface area contributed by atoms with Gasteiger partial charge in [0, 0.05) is 18.3 Å². The van der Waals surface area contributed by atoms with Gasteiger partial charge < -0.3 is 10.4 Å². The summed E-state index contributed by atoms with van der Waals surface area (Å²) >= 11 is 0. The van der Waals surface area contributed by atoms with Crippen LogP contribution in [0.3, 0.4) is 0 Å². The van der Waals surface area contributed by atoms with Crippen LogP contribution < -0.4 is 16.1 Å². The molecule has 0 radical (unpaired) electrons. The van der Waals surface area contributed by atoms with Gasteiger partial charge in [-0.1, -0.05) is 12.1 Å². The molecule has 2 heterocycles. The van der Waals surface area contributed by atoms with Crippen molar-refractivity contribution in [1.82, 2.24) is 9.38 Å². The van der Waals surface area contributed by atoms with Gasteiger partial charge in [0.15, 0.2) is 5.65 Å². The Hall–Kier alpha value is -4.45. The van der Waals surface area contributed by atoms with E-state index >= 15 is 0 Å². The third-order valence-corrected chi connectivity index (χ3v) is 4.67. The van der Waals surface area contributed by atoms with Crippen molar-refractivity contribution in [2.24, 2.45) is 0 Å². The molecule has 0 aliphatic heterocycles. The standard InChI is InChI=1S/C20H13N5O4/c1-11-13(9-21)19-23-15-4-2-3-5-17(15)24(19)20(27)14(11)10-22-16-8-12(25(28)29)6-7-18(16)26/h2-8,10,22,26H,1H3/b14-10-. The number of nitro groups is 1. The van der Waals surface area contributed by atoms with Crippen molar-refractivity contribution >= 4 is 34.3 Å². The molecule has 2 N–H and O–H groups in total. The quantitative estimate of drug-likeness (QED) is 0.313. The number of non-ortho nitro benzene ring substituents is 1. The Balaban J connectivity index is 1.98. The lowest BCUT2D eigenvalue weighted by atomic mass is 10.1. The molecule has 9 nitrogen and oxygen atoms in total. The van der Waals surface area contributed by atoms with Crippen LogP contribution in [-0.4, -0.2) is 19.4 Å². The van der Waals surface area contributed by atoms with Gasteiger partial charge in [-0.2, -0.15) is 5.26 Å². The second-order valence-corrected chi connectivity index (χ2v) is 6.34. The molecule has 142 valence electrons. The van der Waals surface area contributed by atoms with E-state index in [0.717, 1.165) is 6.07 Å². The fourth-order valence-corrected chi connectivity index (χ4v) is 3.19. The predicted octanol–water partition coefficient (Wildman–Crippen LogP) is 2.21. The van der Waals surface area contributed by atoms with E-state index in [1.54, 1.807) is 31.2 Å². The summed E-state index contributed by atoms with van der Waals surface area (Å²) in [5.41, 5.74) is 1.53. The molecule has 9 heteroatoms. The third kappa shape index (κ3) is 2.80. The van der Waals surface area contributed by atoms with Crippen molar-refractivity contribution in [1.29, 1.82) is 5.26 Å². The van der Waals surface area contributed by atoms with Crippen LogP contribution in [0, 0.1) is 28.4 Å². The maximum Gasteiger partial charge on any atom is 0.271 e. The molecule has 0 saturated carbocycles. The summed E-state index contributed by atoms with van der Waals surface area (Å²) in [6.07, 6.45) is 1.32. The summed E-state index contributed by atoms with van der Waals surface area (Å²) in [5.74, 6) is -0.216. The van der Waals surface area contributed by atoms with Crippen LogP contribution in [0.2, 0.25) is 0 Å². The third-order valence-electron chi connectivity index (χ3n) is 4.67. The molecule has 2 aromatic carbocycles. The predicted molar refractivity (Wildman–Crippen MR) is 106 cm³/mol. The van der Waals surface area contributed by atoms with Gasteiger partial charge in [-0.05, 0) is 30.7 Å². The molecule has 29 heavy (non-hydrogen) atoms. The summed E-state index contributed by atoms with van der Waals surface area (Å²) in [6.45, 7) is 1.63. The van der Waals surface area contributed by atoms with Crippen molar-refractivity contribution in [3.8, 4) is 11.8 Å². The number of aromatic nitrogens is 2. The highest BCUT2D eigenvalue weighted by molar-refractivity contribution is 5.82. The lowest BCUT2D eigenvalue weighted by Crippen LogP contribution is -2.34. The zero-order valence-electron chi connectivity index (χ0n) is 15.1. The summed E-state index contributed by atoms with van der Waals surface area (Å²) in [6, 6.07) is 12.6. The summed E-state index contributed by atoms with van der Waals surface area (Å²) < 4.78 is 1.36. The molecule has 0 bridgehead atoms. The Kier molecular flexibility index (Phi) is 4.09. The monoisotopic (exact) mass is 387 g/mol. The number of nitrogens with one attached hydrogen (secondary N) is 1. The minimum atomic E-state index is -0.591. The van der Waals surface area contributed by atoms with E-state index < -0.39 is 10.5 Å². The van der Waals surface area contributed by atoms with Crippen molar-refractivity contribution in [3.63, 3.8) is 0 Å². The normalized spacial score (nSPS) is 11.7. The smallest absolute Gasteiger partial charge is 0.271 e. The Morgan fingerprint density at radius 2 is 2.07 bits per heavy atom. The number of aromatic hydroxyl groups is 1. The lowest BCUT2D eigenvalue weighted by Gasteiger charge is -2.06. The summed E-state index contributed by atoms with van der Waals surface area (Å²) in [5, 5.41) is 33.5. The van der Waals surface area contributed by atoms with E-state index in [4.69, 9.17) is 0 Å². The van der Waals surface area contributed by atoms with Crippen LogP contribution in [0.15, 0.2) is 47.3 Å². The van der Waals surface area contributed by atoms with Crippen molar-refractivity contribution < 1.29 is 10.0 Å². The molecule has 0 amide bonds. The Morgan fingerprint density at radius 1 is 1.31 bits per heavy atom. The number of imidazole rings is 1. The van der Waals surface area contributed by atoms with Crippen molar-refractivity contribution in [3.05, 3.63) is 79.3 Å². The van der Waals surface area contributed by atoms with E-state index in [9.17, 15) is 25.3 Å². The first kappa shape index (κ1) is 17.9. The van der Waals surface area contributed by atoms with Crippen LogP contribution in [0.5, 0.6) is 5.75 Å². The topological polar surface area (TPSA) is 134 Å². The molecule has 0 unspecified atom stereocenters. The highest BCUT2D eigenvalue weighted by Crippen LogP contribution is 2.27. The largest absolute Gasteiger partial charge is 0.506 e. The number of nitrogens with zero attached hydrogens (tertiary/aromatic N) is 4. The van der Waals surface area contributed by atoms with E-state index in [2.05, 4.69) is 16.4 Å². The molecular formula is C20H13N5O4. The fraction of sp³-hybridized carbons (Fsp3) is 0.0500. The number of nitriles is 1. The molecular weight excluding hydrogens is 374 g/mol. The SMILES string of the molecule is Cc1c(C#N)c2nc3ccccc3n2c(=O)/c1=C\Nc1cc([N+](=O)[O-])ccc1O. The number of anilines is 1. The molecule has 0 spiro atoms. The second kappa shape index (κ2) is 6.61. The molecule has 2 aromatic heterocycles. The van der Waals surface area contributed by atoms with Gasteiger partial charge in [0.1, 0.15) is 11.8 Å². The average molecular weight is 387 g/mol. The summed E-state index contributed by atoms with van der Waals surface area (Å²) in [7, 11) is 0. The van der Waals surface area contributed by atoms with E-state index in [1.165, 1.54) is 22.7 Å². The molecule has 0 aliphatic rings. The number of hydrogen-bond donors (Lipinski definition) is 2. The molecule has 0 aliphatic carbocycles. The van der Waals surface area contributed by atoms with Gasteiger partial charge in [0.2, 0.25) is 0 Å². The molecule has 4 rings (SSSR count). The molecule has 0 atom stereocenters. The van der Waals surface area contributed by atoms with E-state index in [1.807, 2.05) is 0 Å². The van der Waals surface area contributed by atoms with E-state index in [0.29, 0.717) is 16.6 Å². The zero-order chi connectivity index (χ0) is 20.7. The van der Waals surface area contributed by atoms with Crippen molar-refractivity contribution in [2.45, 2.75) is 6.92 Å². The first-order valence-electron chi connectivity index (χ1n) is 8.50. The summed E-state index contributed by atoms with van der Waals surface area (Å²) in [4.78, 5) is 27.9. The lowest BCUT2D eigenvalue weighted by molar-refractivity contribution is -0.384. The Bertz CT molecular complexity index is 1470. The number of phenols is 1. The molecule has 0 fully saturated rings. The van der Waals surface area contributed by atoms with Gasteiger partial charge in [0.05, 0.1) is 32.4 Å². The minimum absolute atomic E-state index is 0.0621. The second-order valence-electron chi connectivity index (χ2n) is 6.34. The van der Waals surface area contributed by atoms with Gasteiger partial charge in [-0.15, -0.1) is 0 Å². The van der Waals surface area contributed by atoms with Crippen LogP contribution in [0.1, 0.15) is 11.1 Å². The Labute approximate surface area is 162 Å². The first-order valence-corrected chi connectivity index (χ1v) is 8.50. The number of rotatable bonds is 3. The number of hydrogen-bond acceptors (Lipinski definition) is 7. The maximum absolute atomic E-state index is 13.1. The zero-order valence-corrected chi connectivity index (χ0v) is 15.1. The first-order chi connectivity index (χ1) is 13.9. The van der Waals surface area contributed by atoms with E-state index in [-0.39, 0.29) is 33.6 Å². The molecule has 0 saturated heterocycles.